The highest BCUT2D eigenvalue weighted by atomic mass is 32.1. The molecule has 0 aromatic heterocycles. The molecule has 0 saturated heterocycles. The van der Waals surface area contributed by atoms with E-state index in [-0.39, 0.29) is 5.78 Å². The summed E-state index contributed by atoms with van der Waals surface area (Å²) in [4.78, 5) is 11.5. The van der Waals surface area contributed by atoms with Gasteiger partial charge in [-0.25, -0.2) is 0 Å². The first-order valence-electron chi connectivity index (χ1n) is 15.5. The van der Waals surface area contributed by atoms with Gasteiger partial charge in [-0.1, -0.05) is 43.3 Å². The Morgan fingerprint density at radius 3 is 1.48 bits per heavy atom. The van der Waals surface area contributed by atoms with Crippen LogP contribution in [0.2, 0.25) is 12.1 Å². The molecule has 0 spiro atoms. The first-order valence-corrected chi connectivity index (χ1v) is 20.0. The van der Waals surface area contributed by atoms with Crippen LogP contribution in [0.25, 0.3) is 10.8 Å². The average molecular weight is 644 g/mol. The number of ketones is 1. The highest BCUT2D eigenvalue weighted by Gasteiger charge is 2.40. The third-order valence-corrected chi connectivity index (χ3v) is 12.5. The highest BCUT2D eigenvalue weighted by Crippen LogP contribution is 2.19. The van der Waals surface area contributed by atoms with Gasteiger partial charge in [-0.15, -0.1) is 0 Å². The van der Waals surface area contributed by atoms with Gasteiger partial charge in [0.15, 0.2) is 5.78 Å². The van der Waals surface area contributed by atoms with E-state index in [1.54, 1.807) is 0 Å². The minimum Gasteiger partial charge on any atom is -0.374 e. The number of hydrogen-bond acceptors (Lipinski definition) is 9. The zero-order valence-electron chi connectivity index (χ0n) is 27.1. The van der Waals surface area contributed by atoms with Crippen LogP contribution in [0.3, 0.4) is 0 Å². The lowest BCUT2D eigenvalue weighted by atomic mass is 10.0. The van der Waals surface area contributed by atoms with Crippen molar-refractivity contribution in [1.82, 2.24) is 0 Å². The van der Waals surface area contributed by atoms with E-state index in [9.17, 15) is 4.79 Å². The summed E-state index contributed by atoms with van der Waals surface area (Å²) in [7, 11) is -4.76. The fraction of sp³-hybridized carbons (Fsp3) is 0.645. The molecule has 0 fully saturated rings. The van der Waals surface area contributed by atoms with Crippen LogP contribution in [0, 0.1) is 0 Å². The SMILES string of the molecule is CCC(=O)c1ccc2ccccc2c1.CCO[Si](CCCN)(OCC)OCC.CCO[Si](CCCS)(OCC)OCC. The van der Waals surface area contributed by atoms with Gasteiger partial charge in [-0.05, 0) is 83.5 Å². The van der Waals surface area contributed by atoms with Crippen LogP contribution in [0.1, 0.15) is 78.1 Å². The van der Waals surface area contributed by atoms with Gasteiger partial charge in [-0.3, -0.25) is 4.79 Å². The number of rotatable bonds is 20. The summed E-state index contributed by atoms with van der Waals surface area (Å²) < 4.78 is 34.0. The second-order valence-corrected chi connectivity index (χ2v) is 14.9. The molecule has 0 aliphatic carbocycles. The summed E-state index contributed by atoms with van der Waals surface area (Å²) in [5.41, 5.74) is 6.29. The van der Waals surface area contributed by atoms with E-state index in [2.05, 4.69) is 18.7 Å². The van der Waals surface area contributed by atoms with Crippen LogP contribution in [0.15, 0.2) is 42.5 Å². The quantitative estimate of drug-likeness (QED) is 0.0890. The van der Waals surface area contributed by atoms with E-state index in [0.29, 0.717) is 52.6 Å². The summed E-state index contributed by atoms with van der Waals surface area (Å²) in [6.45, 7) is 18.2. The zero-order chi connectivity index (χ0) is 31.7. The average Bonchev–Trinajstić information content (AvgIpc) is 3.00. The Morgan fingerprint density at radius 2 is 1.10 bits per heavy atom. The molecule has 42 heavy (non-hydrogen) atoms. The maximum Gasteiger partial charge on any atom is 0.500 e. The van der Waals surface area contributed by atoms with Crippen molar-refractivity contribution in [2.45, 2.75) is 79.8 Å². The third-order valence-electron chi connectivity index (χ3n) is 5.91. The van der Waals surface area contributed by atoms with E-state index in [4.69, 9.17) is 32.3 Å². The lowest BCUT2D eigenvalue weighted by molar-refractivity contribution is 0.0703. The molecule has 0 aliphatic heterocycles. The van der Waals surface area contributed by atoms with Crippen molar-refractivity contribution < 1.29 is 31.4 Å². The van der Waals surface area contributed by atoms with Crippen LogP contribution in [-0.4, -0.2) is 75.3 Å². The molecule has 8 nitrogen and oxygen atoms in total. The van der Waals surface area contributed by atoms with Gasteiger partial charge in [0.05, 0.1) is 0 Å². The van der Waals surface area contributed by atoms with Crippen molar-refractivity contribution in [3.05, 3.63) is 48.0 Å². The first-order chi connectivity index (χ1) is 20.3. The topological polar surface area (TPSA) is 98.5 Å². The van der Waals surface area contributed by atoms with Gasteiger partial charge < -0.3 is 32.3 Å². The van der Waals surface area contributed by atoms with Crippen molar-refractivity contribution in [3.63, 3.8) is 0 Å². The Kier molecular flexibility index (Phi) is 24.5. The molecule has 0 atom stereocenters. The Bertz CT molecular complexity index is 890. The third kappa shape index (κ3) is 16.1. The smallest absolute Gasteiger partial charge is 0.374 e. The molecule has 2 rings (SSSR count). The van der Waals surface area contributed by atoms with Crippen molar-refractivity contribution >= 4 is 46.8 Å². The van der Waals surface area contributed by atoms with E-state index >= 15 is 0 Å². The molecule has 2 N–H and O–H groups in total. The monoisotopic (exact) mass is 643 g/mol. The summed E-state index contributed by atoms with van der Waals surface area (Å²) in [6.07, 6.45) is 2.44. The fourth-order valence-corrected chi connectivity index (χ4v) is 9.89. The minimum atomic E-state index is -2.40. The molecule has 0 saturated carbocycles. The number of fused-ring (bicyclic) bond motifs is 1. The molecule has 0 unspecified atom stereocenters. The summed E-state index contributed by atoms with van der Waals surface area (Å²) >= 11 is 4.19. The van der Waals surface area contributed by atoms with Crippen molar-refractivity contribution in [2.24, 2.45) is 5.73 Å². The summed E-state index contributed by atoms with van der Waals surface area (Å²) in [6, 6.07) is 15.6. The Hall–Kier alpha value is -1.13. The molecule has 0 amide bonds. The van der Waals surface area contributed by atoms with Gasteiger partial charge in [0, 0.05) is 63.7 Å². The Labute approximate surface area is 263 Å². The molecule has 11 heteroatoms. The van der Waals surface area contributed by atoms with E-state index in [1.165, 1.54) is 5.39 Å². The molecular formula is C31H57NO7SSi2. The molecule has 0 radical (unpaired) electrons. The van der Waals surface area contributed by atoms with Crippen molar-refractivity contribution in [1.29, 1.82) is 0 Å². The van der Waals surface area contributed by atoms with Crippen LogP contribution >= 0.6 is 12.6 Å². The minimum absolute atomic E-state index is 0.204. The largest absolute Gasteiger partial charge is 0.500 e. The van der Waals surface area contributed by atoms with Gasteiger partial charge in [-0.2, -0.15) is 12.6 Å². The van der Waals surface area contributed by atoms with Crippen LogP contribution in [-0.2, 0) is 26.6 Å². The lowest BCUT2D eigenvalue weighted by Crippen LogP contribution is -2.46. The number of carbonyl (C=O) groups excluding carboxylic acids is 1. The standard InChI is InChI=1S/C13H12O.C9H23NO3Si.C9H22O3SSi/c1-2-13(14)12-8-7-10-5-3-4-6-11(10)9-12;1-4-11-14(12-5-2,13-6-3)9-7-8-10;1-4-10-14(11-5-2,12-6-3)9-7-8-13/h3-9H,2H2,1H3;4-10H2,1-3H3;13H,4-9H2,1-3H3. The zero-order valence-corrected chi connectivity index (χ0v) is 30.0. The Balaban J connectivity index is 0.000000600. The van der Waals surface area contributed by atoms with E-state index in [0.717, 1.165) is 41.6 Å². The van der Waals surface area contributed by atoms with Gasteiger partial charge in [0.2, 0.25) is 0 Å². The maximum atomic E-state index is 11.5. The number of Topliss-reactive ketones (excluding diaryl/α,β-unsaturated/α-hetero) is 1. The molecule has 242 valence electrons. The van der Waals surface area contributed by atoms with E-state index < -0.39 is 17.6 Å². The number of thiol groups is 1. The molecular weight excluding hydrogens is 587 g/mol. The predicted octanol–water partition coefficient (Wildman–Crippen LogP) is 7.17. The normalized spacial score (nSPS) is 11.5. The molecule has 0 bridgehead atoms. The summed E-state index contributed by atoms with van der Waals surface area (Å²) in [5, 5.41) is 2.31. The number of carbonyl (C=O) groups is 1. The fourth-order valence-electron chi connectivity index (χ4n) is 4.18. The van der Waals surface area contributed by atoms with Crippen LogP contribution < -0.4 is 5.73 Å². The lowest BCUT2D eigenvalue weighted by Gasteiger charge is -2.28. The van der Waals surface area contributed by atoms with Crippen molar-refractivity contribution in [2.75, 3.05) is 51.9 Å². The van der Waals surface area contributed by atoms with Crippen molar-refractivity contribution in [3.8, 4) is 0 Å². The second kappa shape index (κ2) is 25.2. The molecule has 2 aromatic rings. The number of hydrogen-bond donors (Lipinski definition) is 2. The van der Waals surface area contributed by atoms with E-state index in [1.807, 2.05) is 84.9 Å². The number of benzene rings is 2. The number of nitrogens with two attached hydrogens (primary N) is 1. The van der Waals surface area contributed by atoms with Gasteiger partial charge in [0.1, 0.15) is 0 Å². The van der Waals surface area contributed by atoms with Crippen LogP contribution in [0.4, 0.5) is 0 Å². The van der Waals surface area contributed by atoms with Gasteiger partial charge >= 0.3 is 17.6 Å². The maximum absolute atomic E-state index is 11.5. The predicted molar refractivity (Wildman–Crippen MR) is 182 cm³/mol. The first kappa shape index (κ1) is 40.9. The molecule has 0 heterocycles. The second-order valence-electron chi connectivity index (χ2n) is 9.02. The van der Waals surface area contributed by atoms with Gasteiger partial charge in [0.25, 0.3) is 0 Å². The molecule has 0 aliphatic rings. The molecule has 2 aromatic carbocycles. The highest BCUT2D eigenvalue weighted by molar-refractivity contribution is 7.80. The summed E-state index contributed by atoms with van der Waals surface area (Å²) in [5.74, 6) is 1.05. The Morgan fingerprint density at radius 1 is 0.667 bits per heavy atom. The van der Waals surface area contributed by atoms with Crippen LogP contribution in [0.5, 0.6) is 0 Å².